The molecule has 0 aromatic rings. The molecule has 8 heavy (non-hydrogen) atoms. The monoisotopic (exact) mass is 116 g/mol. The lowest BCUT2D eigenvalue weighted by Crippen LogP contribution is -2.20. The Morgan fingerprint density at radius 3 is 2.62 bits per heavy atom. The molecular weight excluding hydrogens is 104 g/mol. The lowest BCUT2D eigenvalue weighted by Gasteiger charge is -2.15. The van der Waals surface area contributed by atoms with Crippen LogP contribution in [-0.2, 0) is 9.78 Å². The topological polar surface area (TPSA) is 18.5 Å². The summed E-state index contributed by atoms with van der Waals surface area (Å²) in [6, 6.07) is 0. The van der Waals surface area contributed by atoms with Crippen LogP contribution in [0.3, 0.4) is 0 Å². The third kappa shape index (κ3) is 1.01. The minimum atomic E-state index is 0.0139. The van der Waals surface area contributed by atoms with Gasteiger partial charge < -0.3 is 0 Å². The Hall–Kier alpha value is -0.0800. The minimum absolute atomic E-state index is 0.0139. The molecule has 48 valence electrons. The van der Waals surface area contributed by atoms with E-state index in [-0.39, 0.29) is 5.60 Å². The standard InChI is InChI=1S/C6H12O2/c1-3-6(2)4-5-7-8-6/h3-5H2,1-2H3. The van der Waals surface area contributed by atoms with Gasteiger partial charge in [0.1, 0.15) is 5.60 Å². The first-order chi connectivity index (χ1) is 3.77. The largest absolute Gasteiger partial charge is 0.236 e. The van der Waals surface area contributed by atoms with Crippen LogP contribution in [0.25, 0.3) is 0 Å². The fourth-order valence-corrected chi connectivity index (χ4v) is 0.719. The maximum atomic E-state index is 4.99. The van der Waals surface area contributed by atoms with E-state index in [0.717, 1.165) is 19.4 Å². The molecule has 0 amide bonds. The maximum absolute atomic E-state index is 4.99. The van der Waals surface area contributed by atoms with Gasteiger partial charge in [0.2, 0.25) is 0 Å². The van der Waals surface area contributed by atoms with Gasteiger partial charge in [-0.1, -0.05) is 6.92 Å². The van der Waals surface area contributed by atoms with Crippen molar-refractivity contribution in [2.24, 2.45) is 0 Å². The zero-order valence-corrected chi connectivity index (χ0v) is 5.44. The molecule has 1 heterocycles. The molecule has 0 saturated carbocycles. The summed E-state index contributed by atoms with van der Waals surface area (Å²) in [6.45, 7) is 4.93. The summed E-state index contributed by atoms with van der Waals surface area (Å²) in [5.41, 5.74) is 0.0139. The van der Waals surface area contributed by atoms with Crippen molar-refractivity contribution in [3.63, 3.8) is 0 Å². The second kappa shape index (κ2) is 2.03. The third-order valence-electron chi connectivity index (χ3n) is 1.72. The molecule has 0 radical (unpaired) electrons. The van der Waals surface area contributed by atoms with Gasteiger partial charge in [-0.15, -0.1) is 0 Å². The summed E-state index contributed by atoms with van der Waals surface area (Å²) >= 11 is 0. The second-order valence-electron chi connectivity index (χ2n) is 2.46. The molecule has 1 aliphatic heterocycles. The minimum Gasteiger partial charge on any atom is -0.236 e. The van der Waals surface area contributed by atoms with Gasteiger partial charge in [0.25, 0.3) is 0 Å². The normalized spacial score (nSPS) is 38.2. The molecule has 1 atom stereocenters. The highest BCUT2D eigenvalue weighted by Crippen LogP contribution is 2.25. The van der Waals surface area contributed by atoms with Crippen LogP contribution in [0, 0.1) is 0 Å². The molecular formula is C6H12O2. The van der Waals surface area contributed by atoms with E-state index in [9.17, 15) is 0 Å². The summed E-state index contributed by atoms with van der Waals surface area (Å²) in [7, 11) is 0. The molecule has 2 heteroatoms. The Kier molecular flexibility index (Phi) is 1.54. The van der Waals surface area contributed by atoms with E-state index >= 15 is 0 Å². The molecule has 0 aromatic heterocycles. The first-order valence-corrected chi connectivity index (χ1v) is 3.07. The summed E-state index contributed by atoms with van der Waals surface area (Å²) in [5.74, 6) is 0. The molecule has 1 unspecified atom stereocenters. The van der Waals surface area contributed by atoms with E-state index in [1.165, 1.54) is 0 Å². The van der Waals surface area contributed by atoms with E-state index in [1.54, 1.807) is 0 Å². The Labute approximate surface area is 49.7 Å². The fraction of sp³-hybridized carbons (Fsp3) is 1.00. The molecule has 0 bridgehead atoms. The zero-order valence-electron chi connectivity index (χ0n) is 5.44. The number of hydrogen-bond donors (Lipinski definition) is 0. The van der Waals surface area contributed by atoms with Gasteiger partial charge in [-0.3, -0.25) is 0 Å². The van der Waals surface area contributed by atoms with Crippen molar-refractivity contribution in [1.29, 1.82) is 0 Å². The van der Waals surface area contributed by atoms with Crippen molar-refractivity contribution in [2.75, 3.05) is 6.61 Å². The maximum Gasteiger partial charge on any atom is 0.103 e. The SMILES string of the molecule is CCC1(C)CCOO1. The number of hydrogen-bond acceptors (Lipinski definition) is 2. The van der Waals surface area contributed by atoms with Gasteiger partial charge in [0.15, 0.2) is 0 Å². The first kappa shape index (κ1) is 6.05. The highest BCUT2D eigenvalue weighted by molar-refractivity contribution is 4.73. The van der Waals surface area contributed by atoms with Crippen molar-refractivity contribution in [3.8, 4) is 0 Å². The van der Waals surface area contributed by atoms with Crippen LogP contribution in [0.15, 0.2) is 0 Å². The predicted octanol–water partition coefficient (Wildman–Crippen LogP) is 1.51. The Bertz CT molecular complexity index is 74.6. The summed E-state index contributed by atoms with van der Waals surface area (Å²) in [4.78, 5) is 9.74. The fourth-order valence-electron chi connectivity index (χ4n) is 0.719. The van der Waals surface area contributed by atoms with Gasteiger partial charge >= 0.3 is 0 Å². The van der Waals surface area contributed by atoms with Crippen molar-refractivity contribution >= 4 is 0 Å². The predicted molar refractivity (Wildman–Crippen MR) is 30.3 cm³/mol. The Balaban J connectivity index is 2.40. The van der Waals surface area contributed by atoms with Crippen LogP contribution in [-0.4, -0.2) is 12.2 Å². The lowest BCUT2D eigenvalue weighted by molar-refractivity contribution is -0.304. The van der Waals surface area contributed by atoms with Gasteiger partial charge in [-0.2, -0.15) is 0 Å². The lowest BCUT2D eigenvalue weighted by atomic mass is 10.0. The quantitative estimate of drug-likeness (QED) is 0.483. The van der Waals surface area contributed by atoms with Crippen molar-refractivity contribution in [3.05, 3.63) is 0 Å². The molecule has 1 aliphatic rings. The molecule has 1 fully saturated rings. The molecule has 0 aliphatic carbocycles. The highest BCUT2D eigenvalue weighted by Gasteiger charge is 2.29. The van der Waals surface area contributed by atoms with E-state index in [0.29, 0.717) is 0 Å². The Morgan fingerprint density at radius 1 is 1.62 bits per heavy atom. The van der Waals surface area contributed by atoms with E-state index in [4.69, 9.17) is 9.78 Å². The van der Waals surface area contributed by atoms with Crippen LogP contribution in [0.5, 0.6) is 0 Å². The Morgan fingerprint density at radius 2 is 2.38 bits per heavy atom. The molecule has 1 rings (SSSR count). The van der Waals surface area contributed by atoms with Gasteiger partial charge in [-0.05, 0) is 13.3 Å². The first-order valence-electron chi connectivity index (χ1n) is 3.07. The molecule has 2 nitrogen and oxygen atoms in total. The average Bonchev–Trinajstić information content (AvgIpc) is 2.17. The summed E-state index contributed by atoms with van der Waals surface area (Å²) in [5, 5.41) is 0. The van der Waals surface area contributed by atoms with Crippen LogP contribution in [0.2, 0.25) is 0 Å². The average molecular weight is 116 g/mol. The van der Waals surface area contributed by atoms with E-state index in [2.05, 4.69) is 13.8 Å². The van der Waals surface area contributed by atoms with E-state index in [1.807, 2.05) is 0 Å². The molecule has 0 aromatic carbocycles. The number of rotatable bonds is 1. The zero-order chi connectivity index (χ0) is 6.04. The highest BCUT2D eigenvalue weighted by atomic mass is 17.2. The molecule has 0 N–H and O–H groups in total. The summed E-state index contributed by atoms with van der Waals surface area (Å²) < 4.78 is 0. The van der Waals surface area contributed by atoms with Gasteiger partial charge in [-0.25, -0.2) is 9.78 Å². The van der Waals surface area contributed by atoms with Gasteiger partial charge in [0, 0.05) is 6.42 Å². The van der Waals surface area contributed by atoms with Gasteiger partial charge in [0.05, 0.1) is 6.61 Å². The second-order valence-corrected chi connectivity index (χ2v) is 2.46. The van der Waals surface area contributed by atoms with E-state index < -0.39 is 0 Å². The van der Waals surface area contributed by atoms with Crippen LogP contribution in [0.4, 0.5) is 0 Å². The summed E-state index contributed by atoms with van der Waals surface area (Å²) in [6.07, 6.45) is 2.07. The van der Waals surface area contributed by atoms with Crippen LogP contribution < -0.4 is 0 Å². The molecule has 0 spiro atoms. The van der Waals surface area contributed by atoms with Crippen molar-refractivity contribution < 1.29 is 9.78 Å². The van der Waals surface area contributed by atoms with Crippen molar-refractivity contribution in [2.45, 2.75) is 32.3 Å². The third-order valence-corrected chi connectivity index (χ3v) is 1.72. The smallest absolute Gasteiger partial charge is 0.103 e. The van der Waals surface area contributed by atoms with Crippen molar-refractivity contribution in [1.82, 2.24) is 0 Å². The van der Waals surface area contributed by atoms with Crippen LogP contribution >= 0.6 is 0 Å². The molecule has 1 saturated heterocycles. The van der Waals surface area contributed by atoms with Crippen LogP contribution in [0.1, 0.15) is 26.7 Å².